The lowest BCUT2D eigenvalue weighted by Crippen LogP contribution is -1.88. The summed E-state index contributed by atoms with van der Waals surface area (Å²) in [7, 11) is 0. The molecule has 0 saturated heterocycles. The van der Waals surface area contributed by atoms with Crippen molar-refractivity contribution in [3.63, 3.8) is 0 Å². The zero-order valence-corrected chi connectivity index (χ0v) is 5.07. The number of nitrogens with zero attached hydrogens (tertiary/aromatic N) is 1. The second-order valence-corrected chi connectivity index (χ2v) is 1.76. The summed E-state index contributed by atoms with van der Waals surface area (Å²) in [5.74, 6) is 0. The van der Waals surface area contributed by atoms with Gasteiger partial charge in [0.25, 0.3) is 0 Å². The van der Waals surface area contributed by atoms with Gasteiger partial charge in [-0.1, -0.05) is 0 Å². The zero-order valence-electron chi connectivity index (χ0n) is 5.07. The fraction of sp³-hybridized carbons (Fsp3) is 0.143. The third-order valence-electron chi connectivity index (χ3n) is 1.09. The molecule has 9 heavy (non-hydrogen) atoms. The molecule has 0 aromatic carbocycles. The summed E-state index contributed by atoms with van der Waals surface area (Å²) >= 11 is 0. The molecular weight excluding hydrogens is 114 g/mol. The number of hydrogen-bond acceptors (Lipinski definition) is 1. The molecule has 0 aliphatic heterocycles. The van der Waals surface area contributed by atoms with E-state index in [9.17, 15) is 0 Å². The molecule has 0 radical (unpaired) electrons. The van der Waals surface area contributed by atoms with Gasteiger partial charge in [0.15, 0.2) is 0 Å². The van der Waals surface area contributed by atoms with Crippen molar-refractivity contribution in [2.45, 2.75) is 6.54 Å². The van der Waals surface area contributed by atoms with E-state index in [-0.39, 0.29) is 0 Å². The summed E-state index contributed by atoms with van der Waals surface area (Å²) in [5, 5.41) is 8.27. The maximum absolute atomic E-state index is 8.27. The average molecular weight is 123 g/mol. The molecule has 1 aromatic rings. The summed E-state index contributed by atoms with van der Waals surface area (Å²) in [6.45, 7) is 0.740. The van der Waals surface area contributed by atoms with E-state index in [1.165, 1.54) is 0 Å². The van der Waals surface area contributed by atoms with Crippen LogP contribution in [0.3, 0.4) is 0 Å². The Bertz CT molecular complexity index is 177. The summed E-state index contributed by atoms with van der Waals surface area (Å²) < 4.78 is 1.96. The first kappa shape index (κ1) is 5.95. The molecule has 0 amide bonds. The van der Waals surface area contributed by atoms with E-state index < -0.39 is 0 Å². The SMILES string of the molecule is OC=CCn1cccc1. The van der Waals surface area contributed by atoms with Gasteiger partial charge in [0.05, 0.1) is 6.26 Å². The molecule has 0 aliphatic carbocycles. The lowest BCUT2D eigenvalue weighted by Gasteiger charge is -1.92. The smallest absolute Gasteiger partial charge is 0.0769 e. The molecular formula is C7H9NO. The molecule has 0 saturated carbocycles. The molecule has 2 nitrogen and oxygen atoms in total. The minimum absolute atomic E-state index is 0.740. The largest absolute Gasteiger partial charge is 0.516 e. The van der Waals surface area contributed by atoms with Crippen LogP contribution in [0.25, 0.3) is 0 Å². The van der Waals surface area contributed by atoms with E-state index in [1.807, 2.05) is 29.1 Å². The van der Waals surface area contributed by atoms with Crippen molar-refractivity contribution in [3.05, 3.63) is 36.9 Å². The Morgan fingerprint density at radius 3 is 2.56 bits per heavy atom. The van der Waals surface area contributed by atoms with Crippen LogP contribution in [0.4, 0.5) is 0 Å². The molecule has 0 spiro atoms. The minimum Gasteiger partial charge on any atom is -0.516 e. The van der Waals surface area contributed by atoms with Crippen molar-refractivity contribution in [2.24, 2.45) is 0 Å². The van der Waals surface area contributed by atoms with Crippen molar-refractivity contribution >= 4 is 0 Å². The first-order valence-corrected chi connectivity index (χ1v) is 2.83. The van der Waals surface area contributed by atoms with Gasteiger partial charge < -0.3 is 9.67 Å². The van der Waals surface area contributed by atoms with Crippen molar-refractivity contribution in [1.29, 1.82) is 0 Å². The van der Waals surface area contributed by atoms with E-state index in [2.05, 4.69) is 0 Å². The lowest BCUT2D eigenvalue weighted by atomic mass is 10.6. The Morgan fingerprint density at radius 1 is 1.33 bits per heavy atom. The van der Waals surface area contributed by atoms with Gasteiger partial charge >= 0.3 is 0 Å². The summed E-state index contributed by atoms with van der Waals surface area (Å²) in [6, 6.07) is 3.90. The fourth-order valence-electron chi connectivity index (χ4n) is 0.661. The van der Waals surface area contributed by atoms with Crippen LogP contribution in [-0.4, -0.2) is 9.67 Å². The number of hydrogen-bond donors (Lipinski definition) is 1. The van der Waals surface area contributed by atoms with Crippen LogP contribution >= 0.6 is 0 Å². The maximum Gasteiger partial charge on any atom is 0.0769 e. The van der Waals surface area contributed by atoms with Gasteiger partial charge in [0.1, 0.15) is 0 Å². The van der Waals surface area contributed by atoms with E-state index >= 15 is 0 Å². The fourth-order valence-corrected chi connectivity index (χ4v) is 0.661. The standard InChI is InChI=1S/C7H9NO/c9-7-3-6-8-4-1-2-5-8/h1-5,7,9H,6H2. The van der Waals surface area contributed by atoms with Crippen molar-refractivity contribution < 1.29 is 5.11 Å². The highest BCUT2D eigenvalue weighted by Gasteiger charge is 1.79. The van der Waals surface area contributed by atoms with Gasteiger partial charge in [0, 0.05) is 18.9 Å². The van der Waals surface area contributed by atoms with Gasteiger partial charge in [-0.05, 0) is 18.2 Å². The molecule has 1 N–H and O–H groups in total. The molecule has 1 heterocycles. The highest BCUT2D eigenvalue weighted by Crippen LogP contribution is 1.88. The monoisotopic (exact) mass is 123 g/mol. The Kier molecular flexibility index (Phi) is 1.96. The highest BCUT2D eigenvalue weighted by atomic mass is 16.2. The molecule has 48 valence electrons. The van der Waals surface area contributed by atoms with Crippen LogP contribution in [0, 0.1) is 0 Å². The zero-order chi connectivity index (χ0) is 6.53. The Morgan fingerprint density at radius 2 is 2.00 bits per heavy atom. The van der Waals surface area contributed by atoms with Gasteiger partial charge in [-0.25, -0.2) is 0 Å². The third kappa shape index (κ3) is 1.64. The molecule has 0 bridgehead atoms. The number of aromatic nitrogens is 1. The first-order valence-electron chi connectivity index (χ1n) is 2.83. The quantitative estimate of drug-likeness (QED) is 0.593. The van der Waals surface area contributed by atoms with Crippen molar-refractivity contribution in [2.75, 3.05) is 0 Å². The third-order valence-corrected chi connectivity index (χ3v) is 1.09. The summed E-state index contributed by atoms with van der Waals surface area (Å²) in [6.07, 6.45) is 6.62. The van der Waals surface area contributed by atoms with Crippen LogP contribution in [0.1, 0.15) is 0 Å². The van der Waals surface area contributed by atoms with Crippen molar-refractivity contribution in [3.8, 4) is 0 Å². The summed E-state index contributed by atoms with van der Waals surface area (Å²) in [4.78, 5) is 0. The molecule has 0 aliphatic rings. The Hall–Kier alpha value is -1.18. The second-order valence-electron chi connectivity index (χ2n) is 1.76. The van der Waals surface area contributed by atoms with E-state index in [0.717, 1.165) is 12.8 Å². The number of allylic oxidation sites excluding steroid dienone is 1. The molecule has 1 aromatic heterocycles. The van der Waals surface area contributed by atoms with Gasteiger partial charge in [-0.3, -0.25) is 0 Å². The van der Waals surface area contributed by atoms with Crippen LogP contribution < -0.4 is 0 Å². The Labute approximate surface area is 54.0 Å². The van der Waals surface area contributed by atoms with E-state index in [0.29, 0.717) is 0 Å². The average Bonchev–Trinajstić information content (AvgIpc) is 2.34. The van der Waals surface area contributed by atoms with Crippen molar-refractivity contribution in [1.82, 2.24) is 4.57 Å². The predicted molar refractivity (Wildman–Crippen MR) is 36.2 cm³/mol. The van der Waals surface area contributed by atoms with Crippen LogP contribution in [0.2, 0.25) is 0 Å². The van der Waals surface area contributed by atoms with E-state index in [4.69, 9.17) is 5.11 Å². The molecule has 0 atom stereocenters. The topological polar surface area (TPSA) is 25.2 Å². The first-order chi connectivity index (χ1) is 4.43. The second kappa shape index (κ2) is 2.97. The highest BCUT2D eigenvalue weighted by molar-refractivity contribution is 4.92. The summed E-state index contributed by atoms with van der Waals surface area (Å²) in [5.41, 5.74) is 0. The molecule has 2 heteroatoms. The van der Waals surface area contributed by atoms with Gasteiger partial charge in [0.2, 0.25) is 0 Å². The molecule has 0 unspecified atom stereocenters. The minimum atomic E-state index is 0.740. The Balaban J connectivity index is 2.48. The van der Waals surface area contributed by atoms with Gasteiger partial charge in [-0.2, -0.15) is 0 Å². The van der Waals surface area contributed by atoms with Crippen LogP contribution in [-0.2, 0) is 6.54 Å². The maximum atomic E-state index is 8.27. The number of aliphatic hydroxyl groups excluding tert-OH is 1. The normalized spacial score (nSPS) is 10.7. The van der Waals surface area contributed by atoms with Crippen LogP contribution in [0.15, 0.2) is 36.9 Å². The molecule has 0 fully saturated rings. The predicted octanol–water partition coefficient (Wildman–Crippen LogP) is 1.56. The van der Waals surface area contributed by atoms with E-state index in [1.54, 1.807) is 6.08 Å². The van der Waals surface area contributed by atoms with Crippen LogP contribution in [0.5, 0.6) is 0 Å². The molecule has 1 rings (SSSR count). The number of aliphatic hydroxyl groups is 1. The lowest BCUT2D eigenvalue weighted by molar-refractivity contribution is 0.469. The van der Waals surface area contributed by atoms with Gasteiger partial charge in [-0.15, -0.1) is 0 Å². The number of rotatable bonds is 2.